The monoisotopic (exact) mass is 300 g/mol. The highest BCUT2D eigenvalue weighted by molar-refractivity contribution is 5.72. The van der Waals surface area contributed by atoms with E-state index in [1.807, 2.05) is 42.5 Å². The summed E-state index contributed by atoms with van der Waals surface area (Å²) in [5.74, 6) is 0. The number of nitrogens with zero attached hydrogens (tertiary/aromatic N) is 3. The van der Waals surface area contributed by atoms with Crippen LogP contribution in [0.15, 0.2) is 79.1 Å². The molecule has 2 aromatic carbocycles. The van der Waals surface area contributed by atoms with Crippen LogP contribution >= 0.6 is 0 Å². The van der Waals surface area contributed by atoms with Crippen LogP contribution in [0.2, 0.25) is 0 Å². The number of benzene rings is 2. The summed E-state index contributed by atoms with van der Waals surface area (Å²) in [6, 6.07) is 22.5. The standard InChI is InChI=1S/C14H12.C5H4N4/c1-3-7-13(8-4-1)11-12-14-9-5-2-6-10-14;1-2-6-5-3-7-9-8-4(1)5/h1-12H;1-3,6H. The van der Waals surface area contributed by atoms with Crippen molar-refractivity contribution in [3.63, 3.8) is 0 Å². The summed E-state index contributed by atoms with van der Waals surface area (Å²) in [6.45, 7) is 0. The molecule has 2 aromatic heterocycles. The van der Waals surface area contributed by atoms with Crippen LogP contribution in [0.4, 0.5) is 0 Å². The van der Waals surface area contributed by atoms with Crippen LogP contribution in [0.5, 0.6) is 0 Å². The number of aromatic nitrogens is 4. The predicted molar refractivity (Wildman–Crippen MR) is 93.5 cm³/mol. The van der Waals surface area contributed by atoms with Crippen molar-refractivity contribution in [1.29, 1.82) is 0 Å². The Morgan fingerprint density at radius 1 is 0.739 bits per heavy atom. The molecule has 0 bridgehead atoms. The van der Waals surface area contributed by atoms with Crippen LogP contribution in [0.3, 0.4) is 0 Å². The first-order valence-corrected chi connectivity index (χ1v) is 7.31. The Hall–Kier alpha value is -3.27. The highest BCUT2D eigenvalue weighted by atomic mass is 15.3. The number of hydrogen-bond acceptors (Lipinski definition) is 3. The zero-order chi connectivity index (χ0) is 15.7. The lowest BCUT2D eigenvalue weighted by atomic mass is 10.1. The third kappa shape index (κ3) is 4.35. The van der Waals surface area contributed by atoms with Crippen molar-refractivity contribution >= 4 is 23.2 Å². The lowest BCUT2D eigenvalue weighted by Crippen LogP contribution is -1.83. The highest BCUT2D eigenvalue weighted by Crippen LogP contribution is 2.07. The van der Waals surface area contributed by atoms with Gasteiger partial charge in [0.15, 0.2) is 0 Å². The SMILES string of the molecule is C(=Cc1ccccc1)c1ccccc1.c1cc2nnncc2[nH]1. The molecule has 0 aliphatic rings. The van der Waals surface area contributed by atoms with E-state index in [0.717, 1.165) is 11.0 Å². The molecular weight excluding hydrogens is 284 g/mol. The molecular formula is C19H16N4. The fraction of sp³-hybridized carbons (Fsp3) is 0. The molecule has 0 amide bonds. The molecule has 4 nitrogen and oxygen atoms in total. The van der Waals surface area contributed by atoms with Crippen LogP contribution < -0.4 is 0 Å². The van der Waals surface area contributed by atoms with Gasteiger partial charge in [-0.2, -0.15) is 0 Å². The summed E-state index contributed by atoms with van der Waals surface area (Å²) in [7, 11) is 0. The maximum absolute atomic E-state index is 3.75. The highest BCUT2D eigenvalue weighted by Gasteiger charge is 1.90. The predicted octanol–water partition coefficient (Wildman–Crippen LogP) is 4.21. The summed E-state index contributed by atoms with van der Waals surface area (Å²) < 4.78 is 0. The van der Waals surface area contributed by atoms with Crippen LogP contribution in [-0.4, -0.2) is 20.4 Å². The Bertz CT molecular complexity index is 796. The summed E-state index contributed by atoms with van der Waals surface area (Å²) in [5, 5.41) is 10.8. The number of H-pyrrole nitrogens is 1. The molecule has 23 heavy (non-hydrogen) atoms. The van der Waals surface area contributed by atoms with Gasteiger partial charge in [0.25, 0.3) is 0 Å². The normalized spacial score (nSPS) is 10.4. The van der Waals surface area contributed by atoms with Crippen molar-refractivity contribution in [3.05, 3.63) is 90.3 Å². The maximum atomic E-state index is 3.75. The molecule has 0 saturated heterocycles. The second kappa shape index (κ2) is 7.66. The Morgan fingerprint density at radius 2 is 1.35 bits per heavy atom. The van der Waals surface area contributed by atoms with E-state index < -0.39 is 0 Å². The fourth-order valence-corrected chi connectivity index (χ4v) is 2.04. The summed E-state index contributed by atoms with van der Waals surface area (Å²) >= 11 is 0. The minimum Gasteiger partial charge on any atom is -0.358 e. The van der Waals surface area contributed by atoms with Crippen molar-refractivity contribution in [3.8, 4) is 0 Å². The Labute approximate surface area is 134 Å². The van der Waals surface area contributed by atoms with E-state index in [2.05, 4.69) is 56.8 Å². The molecule has 4 heteroatoms. The van der Waals surface area contributed by atoms with Gasteiger partial charge in [0.1, 0.15) is 5.52 Å². The van der Waals surface area contributed by atoms with Gasteiger partial charge >= 0.3 is 0 Å². The van der Waals surface area contributed by atoms with E-state index in [9.17, 15) is 0 Å². The molecule has 4 aromatic rings. The van der Waals surface area contributed by atoms with Crippen molar-refractivity contribution < 1.29 is 0 Å². The summed E-state index contributed by atoms with van der Waals surface area (Å²) in [5.41, 5.74) is 4.24. The van der Waals surface area contributed by atoms with E-state index in [0.29, 0.717) is 0 Å². The molecule has 2 heterocycles. The molecule has 4 rings (SSSR count). The topological polar surface area (TPSA) is 54.5 Å². The maximum Gasteiger partial charge on any atom is 0.114 e. The number of fused-ring (bicyclic) bond motifs is 1. The fourth-order valence-electron chi connectivity index (χ4n) is 2.04. The summed E-state index contributed by atoms with van der Waals surface area (Å²) in [6.07, 6.45) is 7.69. The lowest BCUT2D eigenvalue weighted by molar-refractivity contribution is 0.895. The number of rotatable bonds is 2. The van der Waals surface area contributed by atoms with Crippen LogP contribution in [0, 0.1) is 0 Å². The molecule has 0 atom stereocenters. The molecule has 0 aliphatic heterocycles. The van der Waals surface area contributed by atoms with E-state index in [1.165, 1.54) is 11.1 Å². The van der Waals surface area contributed by atoms with Gasteiger partial charge in [-0.3, -0.25) is 0 Å². The van der Waals surface area contributed by atoms with Gasteiger partial charge in [-0.15, -0.1) is 10.2 Å². The Kier molecular flexibility index (Phi) is 4.88. The van der Waals surface area contributed by atoms with Gasteiger partial charge in [-0.05, 0) is 22.4 Å². The molecule has 112 valence electrons. The van der Waals surface area contributed by atoms with Crippen LogP contribution in [0.25, 0.3) is 23.2 Å². The molecule has 0 spiro atoms. The minimum absolute atomic E-state index is 0.852. The lowest BCUT2D eigenvalue weighted by Gasteiger charge is -1.92. The van der Waals surface area contributed by atoms with E-state index in [-0.39, 0.29) is 0 Å². The number of nitrogens with one attached hydrogen (secondary N) is 1. The van der Waals surface area contributed by atoms with Crippen LogP contribution in [0.1, 0.15) is 11.1 Å². The first-order chi connectivity index (χ1) is 11.4. The minimum atomic E-state index is 0.852. The number of aromatic amines is 1. The molecule has 1 N–H and O–H groups in total. The Morgan fingerprint density at radius 3 is 1.91 bits per heavy atom. The quantitative estimate of drug-likeness (QED) is 0.564. The van der Waals surface area contributed by atoms with Crippen molar-refractivity contribution in [2.45, 2.75) is 0 Å². The van der Waals surface area contributed by atoms with Gasteiger partial charge in [-0.25, -0.2) is 0 Å². The second-order valence-corrected chi connectivity index (χ2v) is 4.87. The average Bonchev–Trinajstić information content (AvgIpc) is 3.11. The van der Waals surface area contributed by atoms with Gasteiger partial charge < -0.3 is 4.98 Å². The van der Waals surface area contributed by atoms with Crippen LogP contribution in [-0.2, 0) is 0 Å². The molecule has 0 radical (unpaired) electrons. The molecule has 0 unspecified atom stereocenters. The van der Waals surface area contributed by atoms with E-state index >= 15 is 0 Å². The first-order valence-electron chi connectivity index (χ1n) is 7.31. The largest absolute Gasteiger partial charge is 0.358 e. The zero-order valence-corrected chi connectivity index (χ0v) is 12.5. The third-order valence-electron chi connectivity index (χ3n) is 3.21. The van der Waals surface area contributed by atoms with Crippen molar-refractivity contribution in [2.75, 3.05) is 0 Å². The summed E-state index contributed by atoms with van der Waals surface area (Å²) in [4.78, 5) is 2.95. The van der Waals surface area contributed by atoms with Gasteiger partial charge in [0, 0.05) is 6.20 Å². The molecule has 0 saturated carbocycles. The van der Waals surface area contributed by atoms with E-state index in [1.54, 1.807) is 12.4 Å². The third-order valence-corrected chi connectivity index (χ3v) is 3.21. The Balaban J connectivity index is 0.000000149. The second-order valence-electron chi connectivity index (χ2n) is 4.87. The number of hydrogen-bond donors (Lipinski definition) is 1. The average molecular weight is 300 g/mol. The smallest absolute Gasteiger partial charge is 0.114 e. The van der Waals surface area contributed by atoms with E-state index in [4.69, 9.17) is 0 Å². The van der Waals surface area contributed by atoms with Crippen molar-refractivity contribution in [1.82, 2.24) is 20.4 Å². The molecule has 0 fully saturated rings. The first kappa shape index (κ1) is 14.7. The zero-order valence-electron chi connectivity index (χ0n) is 12.5. The molecule has 0 aliphatic carbocycles. The van der Waals surface area contributed by atoms with Gasteiger partial charge in [0.2, 0.25) is 0 Å². The van der Waals surface area contributed by atoms with Crippen molar-refractivity contribution in [2.24, 2.45) is 0 Å². The van der Waals surface area contributed by atoms with Gasteiger partial charge in [-0.1, -0.05) is 72.8 Å². The van der Waals surface area contributed by atoms with Gasteiger partial charge in [0.05, 0.1) is 11.7 Å².